The maximum Gasteiger partial charge on any atom is 0.416 e. The molecular formula is C23H21F3N2O2. The maximum absolute atomic E-state index is 13.1. The summed E-state index contributed by atoms with van der Waals surface area (Å²) in [5.74, 6) is -0.366. The van der Waals surface area contributed by atoms with Crippen molar-refractivity contribution in [2.45, 2.75) is 31.0 Å². The van der Waals surface area contributed by atoms with Gasteiger partial charge in [0, 0.05) is 19.2 Å². The first kappa shape index (κ1) is 20.2. The van der Waals surface area contributed by atoms with Gasteiger partial charge in [-0.15, -0.1) is 0 Å². The number of rotatable bonds is 2. The van der Waals surface area contributed by atoms with Gasteiger partial charge in [0.25, 0.3) is 0 Å². The van der Waals surface area contributed by atoms with Crippen molar-refractivity contribution < 1.29 is 22.8 Å². The summed E-state index contributed by atoms with van der Waals surface area (Å²) in [4.78, 5) is 26.4. The summed E-state index contributed by atoms with van der Waals surface area (Å²) >= 11 is 0. The molecule has 2 aromatic carbocycles. The van der Waals surface area contributed by atoms with E-state index < -0.39 is 17.3 Å². The molecule has 2 aliphatic heterocycles. The second kappa shape index (κ2) is 7.63. The zero-order valence-corrected chi connectivity index (χ0v) is 16.2. The van der Waals surface area contributed by atoms with Crippen molar-refractivity contribution in [3.8, 4) is 0 Å². The Morgan fingerprint density at radius 3 is 2.43 bits per heavy atom. The van der Waals surface area contributed by atoms with Gasteiger partial charge in [0.15, 0.2) is 0 Å². The Morgan fingerprint density at radius 1 is 1.03 bits per heavy atom. The normalized spacial score (nSPS) is 18.4. The molecule has 2 heterocycles. The van der Waals surface area contributed by atoms with E-state index in [9.17, 15) is 22.8 Å². The van der Waals surface area contributed by atoms with Gasteiger partial charge < -0.3 is 10.2 Å². The van der Waals surface area contributed by atoms with Gasteiger partial charge in [0.1, 0.15) is 0 Å². The summed E-state index contributed by atoms with van der Waals surface area (Å²) in [6.07, 6.45) is -0.595. The lowest BCUT2D eigenvalue weighted by atomic mass is 9.75. The van der Waals surface area contributed by atoms with Crippen LogP contribution < -0.4 is 5.32 Å². The Kier molecular flexibility index (Phi) is 5.13. The molecule has 30 heavy (non-hydrogen) atoms. The Morgan fingerprint density at radius 2 is 1.70 bits per heavy atom. The molecular weight excluding hydrogens is 393 g/mol. The third-order valence-corrected chi connectivity index (χ3v) is 5.86. The molecule has 0 bridgehead atoms. The molecule has 156 valence electrons. The zero-order valence-electron chi connectivity index (χ0n) is 16.2. The maximum atomic E-state index is 13.1. The first-order valence-electron chi connectivity index (χ1n) is 9.81. The highest BCUT2D eigenvalue weighted by Gasteiger charge is 2.42. The number of carbonyl (C=O) groups excluding carboxylic acids is 2. The van der Waals surface area contributed by atoms with Crippen molar-refractivity contribution in [3.63, 3.8) is 0 Å². The Balaban J connectivity index is 1.48. The number of nitrogens with one attached hydrogen (secondary N) is 1. The van der Waals surface area contributed by atoms with Gasteiger partial charge in [0.05, 0.1) is 17.5 Å². The summed E-state index contributed by atoms with van der Waals surface area (Å²) in [5.41, 5.74) is 0.791. The van der Waals surface area contributed by atoms with Crippen LogP contribution in [0.5, 0.6) is 0 Å². The molecule has 1 fully saturated rings. The molecule has 7 heteroatoms. The Labute approximate surface area is 172 Å². The minimum atomic E-state index is -4.48. The lowest BCUT2D eigenvalue weighted by molar-refractivity contribution is -0.138. The van der Waals surface area contributed by atoms with Crippen LogP contribution in [0.4, 0.5) is 13.2 Å². The monoisotopic (exact) mass is 414 g/mol. The van der Waals surface area contributed by atoms with E-state index in [1.165, 1.54) is 30.4 Å². The number of nitrogens with zero attached hydrogens (tertiary/aromatic N) is 1. The van der Waals surface area contributed by atoms with Crippen molar-refractivity contribution in [1.29, 1.82) is 0 Å². The van der Waals surface area contributed by atoms with Gasteiger partial charge in [-0.25, -0.2) is 0 Å². The lowest BCUT2D eigenvalue weighted by Crippen LogP contribution is -2.56. The SMILES string of the molecule is O=C1Cc2ccccc2C2(CCN(C(=O)/C=C/c3ccccc3C(F)(F)F)CC2)N1. The molecule has 0 aliphatic carbocycles. The summed E-state index contributed by atoms with van der Waals surface area (Å²) in [7, 11) is 0. The molecule has 0 aromatic heterocycles. The number of hydrogen-bond donors (Lipinski definition) is 1. The van der Waals surface area contributed by atoms with Crippen LogP contribution in [-0.2, 0) is 27.7 Å². The third-order valence-electron chi connectivity index (χ3n) is 5.86. The number of benzene rings is 2. The van der Waals surface area contributed by atoms with E-state index in [0.29, 0.717) is 32.4 Å². The van der Waals surface area contributed by atoms with E-state index in [4.69, 9.17) is 0 Å². The highest BCUT2D eigenvalue weighted by atomic mass is 19.4. The Bertz CT molecular complexity index is 1010. The highest BCUT2D eigenvalue weighted by Crippen LogP contribution is 2.38. The fourth-order valence-corrected chi connectivity index (χ4v) is 4.36. The number of hydrogen-bond acceptors (Lipinski definition) is 2. The van der Waals surface area contributed by atoms with Crippen molar-refractivity contribution in [2.24, 2.45) is 0 Å². The highest BCUT2D eigenvalue weighted by molar-refractivity contribution is 5.92. The van der Waals surface area contributed by atoms with Crippen molar-refractivity contribution in [3.05, 3.63) is 76.9 Å². The molecule has 2 aliphatic rings. The van der Waals surface area contributed by atoms with Gasteiger partial charge in [-0.2, -0.15) is 13.2 Å². The number of carbonyl (C=O) groups is 2. The topological polar surface area (TPSA) is 49.4 Å². The number of halogens is 3. The largest absolute Gasteiger partial charge is 0.416 e. The summed E-state index contributed by atoms with van der Waals surface area (Å²) < 4.78 is 39.4. The lowest BCUT2D eigenvalue weighted by Gasteiger charge is -2.45. The fraction of sp³-hybridized carbons (Fsp3) is 0.304. The van der Waals surface area contributed by atoms with Gasteiger partial charge in [0.2, 0.25) is 11.8 Å². The van der Waals surface area contributed by atoms with Gasteiger partial charge in [-0.3, -0.25) is 9.59 Å². The quantitative estimate of drug-likeness (QED) is 0.758. The second-order valence-electron chi connectivity index (χ2n) is 7.71. The van der Waals surface area contributed by atoms with Crippen molar-refractivity contribution >= 4 is 17.9 Å². The summed E-state index contributed by atoms with van der Waals surface area (Å²) in [6, 6.07) is 13.0. The van der Waals surface area contributed by atoms with Gasteiger partial charge >= 0.3 is 6.18 Å². The molecule has 2 aromatic rings. The molecule has 1 saturated heterocycles. The molecule has 0 saturated carbocycles. The number of alkyl halides is 3. The molecule has 4 nitrogen and oxygen atoms in total. The van der Waals surface area contributed by atoms with Crippen LogP contribution in [0.3, 0.4) is 0 Å². The van der Waals surface area contributed by atoms with Crippen molar-refractivity contribution in [2.75, 3.05) is 13.1 Å². The van der Waals surface area contributed by atoms with Crippen LogP contribution in [0.1, 0.15) is 35.1 Å². The standard InChI is InChI=1S/C23H21F3N2O2/c24-23(25,26)19-8-4-1-5-16(19)9-10-21(30)28-13-11-22(12-14-28)18-7-3-2-6-17(18)15-20(29)27-22/h1-10H,11-15H2,(H,27,29)/b10-9+. The third kappa shape index (κ3) is 3.84. The van der Waals surface area contributed by atoms with Crippen molar-refractivity contribution in [1.82, 2.24) is 10.2 Å². The first-order chi connectivity index (χ1) is 14.3. The zero-order chi connectivity index (χ0) is 21.4. The summed E-state index contributed by atoms with van der Waals surface area (Å²) in [5, 5.41) is 3.11. The average Bonchev–Trinajstić information content (AvgIpc) is 2.72. The number of amides is 2. The van der Waals surface area contributed by atoms with E-state index in [-0.39, 0.29) is 17.4 Å². The molecule has 0 radical (unpaired) electrons. The van der Waals surface area contributed by atoms with Crippen LogP contribution in [-0.4, -0.2) is 29.8 Å². The minimum Gasteiger partial charge on any atom is -0.346 e. The number of piperidine rings is 1. The van der Waals surface area contributed by atoms with Crippen LogP contribution in [0.15, 0.2) is 54.6 Å². The predicted molar refractivity (Wildman–Crippen MR) is 106 cm³/mol. The molecule has 4 rings (SSSR count). The predicted octanol–water partition coefficient (Wildman–Crippen LogP) is 3.91. The Hall–Kier alpha value is -3.09. The van der Waals surface area contributed by atoms with Crippen LogP contribution in [0.2, 0.25) is 0 Å². The number of fused-ring (bicyclic) bond motifs is 2. The van der Waals surface area contributed by atoms with Crippen LogP contribution in [0.25, 0.3) is 6.08 Å². The second-order valence-corrected chi connectivity index (χ2v) is 7.71. The number of likely N-dealkylation sites (tertiary alicyclic amines) is 1. The molecule has 0 unspecified atom stereocenters. The molecule has 1 N–H and O–H groups in total. The average molecular weight is 414 g/mol. The van der Waals surface area contributed by atoms with E-state index in [2.05, 4.69) is 5.32 Å². The van der Waals surface area contributed by atoms with E-state index in [1.807, 2.05) is 24.3 Å². The van der Waals surface area contributed by atoms with Crippen LogP contribution in [0, 0.1) is 0 Å². The fourth-order valence-electron chi connectivity index (χ4n) is 4.36. The van der Waals surface area contributed by atoms with Crippen LogP contribution >= 0.6 is 0 Å². The first-order valence-corrected chi connectivity index (χ1v) is 9.81. The molecule has 1 spiro atoms. The van der Waals surface area contributed by atoms with E-state index >= 15 is 0 Å². The molecule has 2 amide bonds. The smallest absolute Gasteiger partial charge is 0.346 e. The van der Waals surface area contributed by atoms with E-state index in [1.54, 1.807) is 4.90 Å². The van der Waals surface area contributed by atoms with Gasteiger partial charge in [-0.05, 0) is 41.7 Å². The van der Waals surface area contributed by atoms with E-state index in [0.717, 1.165) is 17.2 Å². The minimum absolute atomic E-state index is 0.0304. The molecule has 0 atom stereocenters. The summed E-state index contributed by atoms with van der Waals surface area (Å²) in [6.45, 7) is 0.831. The van der Waals surface area contributed by atoms with Gasteiger partial charge in [-0.1, -0.05) is 42.5 Å².